The van der Waals surface area contributed by atoms with Gasteiger partial charge in [0.05, 0.1) is 6.04 Å². The minimum atomic E-state index is -0.294. The van der Waals surface area contributed by atoms with Crippen LogP contribution in [0.5, 0.6) is 0 Å². The number of rotatable bonds is 2. The quantitative estimate of drug-likeness (QED) is 0.920. The van der Waals surface area contributed by atoms with Crippen molar-refractivity contribution in [3.05, 3.63) is 64.1 Å². The van der Waals surface area contributed by atoms with E-state index in [1.807, 2.05) is 30.0 Å². The van der Waals surface area contributed by atoms with Gasteiger partial charge in [0.1, 0.15) is 5.56 Å². The fraction of sp³-hybridized carbons (Fsp3) is 0.368. The second-order valence-corrected chi connectivity index (χ2v) is 6.74. The van der Waals surface area contributed by atoms with Gasteiger partial charge < -0.3 is 14.8 Å². The van der Waals surface area contributed by atoms with E-state index in [0.717, 1.165) is 25.2 Å². The summed E-state index contributed by atoms with van der Waals surface area (Å²) in [5.41, 5.74) is 1.93. The number of aryl methyl sites for hydroxylation is 1. The van der Waals surface area contributed by atoms with Crippen molar-refractivity contribution in [1.82, 2.24) is 9.88 Å². The van der Waals surface area contributed by atoms with Crippen molar-refractivity contribution in [1.29, 1.82) is 0 Å². The third-order valence-electron chi connectivity index (χ3n) is 5.21. The van der Waals surface area contributed by atoms with Crippen LogP contribution in [0.3, 0.4) is 0 Å². The van der Waals surface area contributed by atoms with Crippen LogP contribution in [0.1, 0.15) is 22.5 Å². The second kappa shape index (κ2) is 5.82. The Balaban J connectivity index is 1.54. The van der Waals surface area contributed by atoms with Crippen LogP contribution < -0.4 is 10.5 Å². The Hall–Kier alpha value is -2.56. The second-order valence-electron chi connectivity index (χ2n) is 6.74. The molecule has 2 aliphatic rings. The Morgan fingerprint density at radius 1 is 1.12 bits per heavy atom. The van der Waals surface area contributed by atoms with Crippen molar-refractivity contribution >= 4 is 11.6 Å². The molecule has 2 aromatic rings. The van der Waals surface area contributed by atoms with Crippen LogP contribution in [0.2, 0.25) is 0 Å². The highest BCUT2D eigenvalue weighted by atomic mass is 16.2. The zero-order valence-corrected chi connectivity index (χ0v) is 13.7. The number of hydrogen-bond donors (Lipinski definition) is 1. The number of amides is 1. The summed E-state index contributed by atoms with van der Waals surface area (Å²) in [5.74, 6) is 0.331. The van der Waals surface area contributed by atoms with E-state index in [1.165, 1.54) is 5.69 Å². The van der Waals surface area contributed by atoms with Gasteiger partial charge in [0.2, 0.25) is 0 Å². The minimum Gasteiger partial charge on any atom is -0.366 e. The number of hydrogen-bond acceptors (Lipinski definition) is 3. The maximum Gasteiger partial charge on any atom is 0.260 e. The fourth-order valence-electron chi connectivity index (χ4n) is 3.98. The molecule has 0 aliphatic carbocycles. The van der Waals surface area contributed by atoms with Crippen molar-refractivity contribution < 1.29 is 4.79 Å². The molecule has 0 spiro atoms. The highest BCUT2D eigenvalue weighted by molar-refractivity contribution is 5.94. The molecular weight excluding hydrogens is 302 g/mol. The molecule has 5 heteroatoms. The SMILES string of the molecule is Cc1ccc(C(=O)N2CC3CCN(c4ccccc4)C3C2)c(=O)[nH]1. The zero-order valence-electron chi connectivity index (χ0n) is 13.7. The highest BCUT2D eigenvalue weighted by Gasteiger charge is 2.43. The van der Waals surface area contributed by atoms with Crippen molar-refractivity contribution in [3.8, 4) is 0 Å². The Kier molecular flexibility index (Phi) is 3.63. The van der Waals surface area contributed by atoms with Crippen molar-refractivity contribution in [2.24, 2.45) is 5.92 Å². The largest absolute Gasteiger partial charge is 0.366 e. The molecule has 0 radical (unpaired) electrons. The fourth-order valence-corrected chi connectivity index (χ4v) is 3.98. The van der Waals surface area contributed by atoms with Crippen LogP contribution in [0.4, 0.5) is 5.69 Å². The van der Waals surface area contributed by atoms with E-state index in [9.17, 15) is 9.59 Å². The Labute approximate surface area is 140 Å². The third-order valence-corrected chi connectivity index (χ3v) is 5.21. The van der Waals surface area contributed by atoms with Gasteiger partial charge in [-0.15, -0.1) is 0 Å². The van der Waals surface area contributed by atoms with Crippen molar-refractivity contribution in [2.45, 2.75) is 19.4 Å². The van der Waals surface area contributed by atoms with E-state index < -0.39 is 0 Å². The number of pyridine rings is 1. The number of nitrogens with zero attached hydrogens (tertiary/aromatic N) is 2. The summed E-state index contributed by atoms with van der Waals surface area (Å²) < 4.78 is 0. The van der Waals surface area contributed by atoms with Gasteiger partial charge in [-0.2, -0.15) is 0 Å². The maximum absolute atomic E-state index is 12.7. The number of benzene rings is 1. The Morgan fingerprint density at radius 2 is 1.92 bits per heavy atom. The van der Waals surface area contributed by atoms with E-state index in [4.69, 9.17) is 0 Å². The van der Waals surface area contributed by atoms with Crippen molar-refractivity contribution in [3.63, 3.8) is 0 Å². The van der Waals surface area contributed by atoms with E-state index in [0.29, 0.717) is 18.5 Å². The normalized spacial score (nSPS) is 22.7. The molecule has 3 heterocycles. The number of para-hydroxylation sites is 1. The lowest BCUT2D eigenvalue weighted by Gasteiger charge is -2.26. The maximum atomic E-state index is 12.7. The lowest BCUT2D eigenvalue weighted by Crippen LogP contribution is -2.38. The molecule has 1 amide bonds. The average Bonchev–Trinajstić information content (AvgIpc) is 3.15. The molecular formula is C19H21N3O2. The molecule has 2 aliphatic heterocycles. The predicted molar refractivity (Wildman–Crippen MR) is 93.4 cm³/mol. The summed E-state index contributed by atoms with van der Waals surface area (Å²) in [5, 5.41) is 0. The number of aromatic nitrogens is 1. The van der Waals surface area contributed by atoms with E-state index in [2.05, 4.69) is 22.0 Å². The topological polar surface area (TPSA) is 56.4 Å². The lowest BCUT2D eigenvalue weighted by atomic mass is 10.1. The molecule has 24 heavy (non-hydrogen) atoms. The molecule has 1 aromatic heterocycles. The van der Waals surface area contributed by atoms with Gasteiger partial charge in [0.25, 0.3) is 11.5 Å². The number of aromatic amines is 1. The summed E-state index contributed by atoms with van der Waals surface area (Å²) in [6.45, 7) is 4.27. The van der Waals surface area contributed by atoms with Crippen LogP contribution in [-0.2, 0) is 0 Å². The molecule has 4 rings (SSSR count). The summed E-state index contributed by atoms with van der Waals surface area (Å²) in [6, 6.07) is 14.1. The molecule has 2 atom stereocenters. The standard InChI is InChI=1S/C19H21N3O2/c1-13-7-8-16(18(23)20-13)19(24)21-11-14-9-10-22(17(14)12-21)15-5-3-2-4-6-15/h2-8,14,17H,9-12H2,1H3,(H,20,23). The highest BCUT2D eigenvalue weighted by Crippen LogP contribution is 2.35. The number of nitrogens with one attached hydrogen (secondary N) is 1. The molecule has 1 aromatic carbocycles. The Morgan fingerprint density at radius 3 is 2.67 bits per heavy atom. The molecule has 124 valence electrons. The Bertz CT molecular complexity index is 815. The van der Waals surface area contributed by atoms with Crippen molar-refractivity contribution in [2.75, 3.05) is 24.5 Å². The van der Waals surface area contributed by atoms with E-state index in [-0.39, 0.29) is 17.0 Å². The van der Waals surface area contributed by atoms with Crippen LogP contribution in [0.25, 0.3) is 0 Å². The van der Waals surface area contributed by atoms with E-state index in [1.54, 1.807) is 12.1 Å². The third kappa shape index (κ3) is 2.50. The first kappa shape index (κ1) is 15.0. The molecule has 5 nitrogen and oxygen atoms in total. The van der Waals surface area contributed by atoms with Crippen LogP contribution in [-0.4, -0.2) is 41.5 Å². The summed E-state index contributed by atoms with van der Waals surface area (Å²) in [6.07, 6.45) is 1.09. The van der Waals surface area contributed by atoms with Gasteiger partial charge in [-0.3, -0.25) is 9.59 Å². The van der Waals surface area contributed by atoms with Gasteiger partial charge in [-0.05, 0) is 37.6 Å². The number of carbonyl (C=O) groups excluding carboxylic acids is 1. The summed E-state index contributed by atoms with van der Waals surface area (Å²) in [4.78, 5) is 31.8. The molecule has 0 bridgehead atoms. The molecule has 1 N–H and O–H groups in total. The van der Waals surface area contributed by atoms with Gasteiger partial charge >= 0.3 is 0 Å². The van der Waals surface area contributed by atoms with Gasteiger partial charge in [-0.1, -0.05) is 18.2 Å². The smallest absolute Gasteiger partial charge is 0.260 e. The zero-order chi connectivity index (χ0) is 16.7. The van der Waals surface area contributed by atoms with Gasteiger partial charge in [0.15, 0.2) is 0 Å². The number of likely N-dealkylation sites (tertiary alicyclic amines) is 1. The number of anilines is 1. The number of fused-ring (bicyclic) bond motifs is 1. The summed E-state index contributed by atoms with van der Waals surface area (Å²) >= 11 is 0. The first-order valence-corrected chi connectivity index (χ1v) is 8.44. The van der Waals surface area contributed by atoms with Gasteiger partial charge in [0, 0.05) is 36.9 Å². The number of carbonyl (C=O) groups is 1. The van der Waals surface area contributed by atoms with Crippen LogP contribution in [0, 0.1) is 12.8 Å². The molecule has 0 saturated carbocycles. The van der Waals surface area contributed by atoms with E-state index >= 15 is 0 Å². The molecule has 2 saturated heterocycles. The predicted octanol–water partition coefficient (Wildman–Crippen LogP) is 2.03. The van der Waals surface area contributed by atoms with Crippen LogP contribution >= 0.6 is 0 Å². The monoisotopic (exact) mass is 323 g/mol. The minimum absolute atomic E-state index is 0.154. The average molecular weight is 323 g/mol. The lowest BCUT2D eigenvalue weighted by molar-refractivity contribution is 0.0782. The van der Waals surface area contributed by atoms with Gasteiger partial charge in [-0.25, -0.2) is 0 Å². The molecule has 2 unspecified atom stereocenters. The summed E-state index contributed by atoms with van der Waals surface area (Å²) in [7, 11) is 0. The van der Waals surface area contributed by atoms with Crippen LogP contribution in [0.15, 0.2) is 47.3 Å². The first-order chi connectivity index (χ1) is 11.6. The first-order valence-electron chi connectivity index (χ1n) is 8.44. The molecule has 2 fully saturated rings. The number of H-pyrrole nitrogens is 1.